The summed E-state index contributed by atoms with van der Waals surface area (Å²) in [6, 6.07) is 8.72. The summed E-state index contributed by atoms with van der Waals surface area (Å²) in [6.45, 7) is 1.07. The van der Waals surface area contributed by atoms with Crippen LogP contribution in [-0.4, -0.2) is 53.1 Å². The third-order valence-electron chi connectivity index (χ3n) is 3.89. The molecule has 0 saturated heterocycles. The van der Waals surface area contributed by atoms with E-state index in [1.54, 1.807) is 49.6 Å². The van der Waals surface area contributed by atoms with Crippen LogP contribution in [0.5, 0.6) is 11.5 Å². The van der Waals surface area contributed by atoms with Crippen LogP contribution < -0.4 is 14.8 Å². The molecule has 28 heavy (non-hydrogen) atoms. The maximum absolute atomic E-state index is 12.7. The molecule has 0 bridgehead atoms. The third kappa shape index (κ3) is 4.83. The van der Waals surface area contributed by atoms with E-state index in [-0.39, 0.29) is 5.91 Å². The van der Waals surface area contributed by atoms with E-state index in [2.05, 4.69) is 20.4 Å². The van der Waals surface area contributed by atoms with Crippen molar-refractivity contribution in [3.8, 4) is 17.3 Å². The van der Waals surface area contributed by atoms with Gasteiger partial charge < -0.3 is 19.5 Å². The van der Waals surface area contributed by atoms with Gasteiger partial charge in [0.05, 0.1) is 19.3 Å². The maximum Gasteiger partial charge on any atom is 0.255 e. The molecule has 0 fully saturated rings. The fraction of sp³-hybridized carbons (Fsp3) is 0.263. The van der Waals surface area contributed by atoms with E-state index in [0.717, 1.165) is 5.56 Å². The van der Waals surface area contributed by atoms with Crippen LogP contribution in [0.2, 0.25) is 0 Å². The Labute approximate surface area is 162 Å². The number of methoxy groups -OCH3 is 2. The van der Waals surface area contributed by atoms with Crippen LogP contribution in [-0.2, 0) is 11.3 Å². The molecule has 1 aromatic carbocycles. The number of hydrogen-bond donors (Lipinski definition) is 1. The number of pyridine rings is 1. The third-order valence-corrected chi connectivity index (χ3v) is 3.89. The lowest BCUT2D eigenvalue weighted by molar-refractivity contribution is 0.0943. The fourth-order valence-electron chi connectivity index (χ4n) is 2.47. The summed E-state index contributed by atoms with van der Waals surface area (Å²) < 4.78 is 17.4. The van der Waals surface area contributed by atoms with Gasteiger partial charge in [0.15, 0.2) is 5.82 Å². The SMILES string of the molecule is COCCOc1cc(OC)ccc1C(=O)NCc1ccnc(-n2cncn2)c1. The summed E-state index contributed by atoms with van der Waals surface area (Å²) in [5.74, 6) is 1.41. The molecule has 1 N–H and O–H groups in total. The van der Waals surface area contributed by atoms with Gasteiger partial charge in [-0.3, -0.25) is 4.79 Å². The van der Waals surface area contributed by atoms with Gasteiger partial charge in [0.2, 0.25) is 0 Å². The second kappa shape index (κ2) is 9.47. The Morgan fingerprint density at radius 1 is 1.18 bits per heavy atom. The normalized spacial score (nSPS) is 10.5. The molecule has 3 rings (SSSR count). The van der Waals surface area contributed by atoms with Crippen molar-refractivity contribution in [3.63, 3.8) is 0 Å². The number of benzene rings is 1. The van der Waals surface area contributed by atoms with Gasteiger partial charge in [0.25, 0.3) is 5.91 Å². The number of nitrogens with one attached hydrogen (secondary N) is 1. The number of hydrogen-bond acceptors (Lipinski definition) is 7. The highest BCUT2D eigenvalue weighted by Gasteiger charge is 2.14. The first-order chi connectivity index (χ1) is 13.7. The molecule has 2 aromatic heterocycles. The Bertz CT molecular complexity index is 914. The Hall–Kier alpha value is -3.46. The number of ether oxygens (including phenoxy) is 3. The lowest BCUT2D eigenvalue weighted by Crippen LogP contribution is -2.24. The molecule has 0 atom stereocenters. The lowest BCUT2D eigenvalue weighted by atomic mass is 10.1. The van der Waals surface area contributed by atoms with Crippen molar-refractivity contribution in [2.24, 2.45) is 0 Å². The van der Waals surface area contributed by atoms with Gasteiger partial charge in [0.1, 0.15) is 30.8 Å². The van der Waals surface area contributed by atoms with Crippen molar-refractivity contribution in [3.05, 3.63) is 60.3 Å². The first-order valence-corrected chi connectivity index (χ1v) is 8.59. The molecule has 3 aromatic rings. The van der Waals surface area contributed by atoms with Crippen molar-refractivity contribution in [2.45, 2.75) is 6.54 Å². The highest BCUT2D eigenvalue weighted by molar-refractivity contribution is 5.97. The zero-order valence-corrected chi connectivity index (χ0v) is 15.7. The minimum absolute atomic E-state index is 0.255. The minimum Gasteiger partial charge on any atom is -0.497 e. The largest absolute Gasteiger partial charge is 0.497 e. The van der Waals surface area contributed by atoms with Gasteiger partial charge in [-0.1, -0.05) is 0 Å². The van der Waals surface area contributed by atoms with Crippen LogP contribution in [0.15, 0.2) is 49.2 Å². The van der Waals surface area contributed by atoms with E-state index >= 15 is 0 Å². The number of amides is 1. The van der Waals surface area contributed by atoms with Crippen LogP contribution in [0.25, 0.3) is 5.82 Å². The van der Waals surface area contributed by atoms with Gasteiger partial charge in [-0.25, -0.2) is 14.6 Å². The topological polar surface area (TPSA) is 100 Å². The summed E-state index contributed by atoms with van der Waals surface area (Å²) in [5.41, 5.74) is 1.30. The Kier molecular flexibility index (Phi) is 6.53. The van der Waals surface area contributed by atoms with Crippen molar-refractivity contribution < 1.29 is 19.0 Å². The maximum atomic E-state index is 12.7. The van der Waals surface area contributed by atoms with E-state index in [1.165, 1.54) is 6.33 Å². The van der Waals surface area contributed by atoms with E-state index < -0.39 is 0 Å². The highest BCUT2D eigenvalue weighted by Crippen LogP contribution is 2.25. The van der Waals surface area contributed by atoms with Crippen LogP contribution in [0.4, 0.5) is 0 Å². The number of carbonyl (C=O) groups is 1. The summed E-state index contributed by atoms with van der Waals surface area (Å²) in [5, 5.41) is 6.94. The van der Waals surface area contributed by atoms with E-state index in [0.29, 0.717) is 42.6 Å². The zero-order valence-electron chi connectivity index (χ0n) is 15.7. The molecule has 0 radical (unpaired) electrons. The number of rotatable bonds is 9. The average Bonchev–Trinajstić information content (AvgIpc) is 3.27. The smallest absolute Gasteiger partial charge is 0.255 e. The van der Waals surface area contributed by atoms with Gasteiger partial charge in [-0.05, 0) is 29.8 Å². The Balaban J connectivity index is 1.70. The predicted molar refractivity (Wildman–Crippen MR) is 101 cm³/mol. The van der Waals surface area contributed by atoms with Crippen molar-refractivity contribution in [2.75, 3.05) is 27.4 Å². The Morgan fingerprint density at radius 2 is 2.07 bits per heavy atom. The molecule has 0 aliphatic heterocycles. The number of carbonyl (C=O) groups excluding carboxylic acids is 1. The van der Waals surface area contributed by atoms with Crippen molar-refractivity contribution in [1.29, 1.82) is 0 Å². The molecule has 0 saturated carbocycles. The average molecular weight is 383 g/mol. The van der Waals surface area contributed by atoms with E-state index in [1.807, 2.05) is 12.1 Å². The van der Waals surface area contributed by atoms with Crippen molar-refractivity contribution >= 4 is 5.91 Å². The van der Waals surface area contributed by atoms with E-state index in [4.69, 9.17) is 14.2 Å². The quantitative estimate of drug-likeness (QED) is 0.561. The van der Waals surface area contributed by atoms with Gasteiger partial charge >= 0.3 is 0 Å². The molecule has 9 heteroatoms. The number of nitrogens with zero attached hydrogens (tertiary/aromatic N) is 4. The first-order valence-electron chi connectivity index (χ1n) is 8.59. The molecule has 0 spiro atoms. The molecule has 2 heterocycles. The lowest BCUT2D eigenvalue weighted by Gasteiger charge is -2.13. The molecule has 0 aliphatic rings. The molecule has 0 aliphatic carbocycles. The molecular formula is C19H21N5O4. The van der Waals surface area contributed by atoms with Crippen LogP contribution in [0.3, 0.4) is 0 Å². The molecule has 9 nitrogen and oxygen atoms in total. The summed E-state index contributed by atoms with van der Waals surface area (Å²) in [6.07, 6.45) is 4.65. The van der Waals surface area contributed by atoms with Crippen LogP contribution in [0, 0.1) is 0 Å². The second-order valence-corrected chi connectivity index (χ2v) is 5.75. The summed E-state index contributed by atoms with van der Waals surface area (Å²) in [7, 11) is 3.15. The predicted octanol–water partition coefficient (Wildman–Crippen LogP) is 1.63. The monoisotopic (exact) mass is 383 g/mol. The van der Waals surface area contributed by atoms with Crippen LogP contribution >= 0.6 is 0 Å². The van der Waals surface area contributed by atoms with Gasteiger partial charge in [-0.15, -0.1) is 0 Å². The Morgan fingerprint density at radius 3 is 2.82 bits per heavy atom. The van der Waals surface area contributed by atoms with Crippen LogP contribution in [0.1, 0.15) is 15.9 Å². The van der Waals surface area contributed by atoms with Gasteiger partial charge in [-0.2, -0.15) is 5.10 Å². The summed E-state index contributed by atoms with van der Waals surface area (Å²) in [4.78, 5) is 20.8. The van der Waals surface area contributed by atoms with Gasteiger partial charge in [0, 0.05) is 25.9 Å². The number of aromatic nitrogens is 4. The first kappa shape index (κ1) is 19.3. The minimum atomic E-state index is -0.255. The van der Waals surface area contributed by atoms with E-state index in [9.17, 15) is 4.79 Å². The van der Waals surface area contributed by atoms with Crippen molar-refractivity contribution in [1.82, 2.24) is 25.1 Å². The molecular weight excluding hydrogens is 362 g/mol. The fourth-order valence-corrected chi connectivity index (χ4v) is 2.47. The highest BCUT2D eigenvalue weighted by atomic mass is 16.5. The second-order valence-electron chi connectivity index (χ2n) is 5.75. The standard InChI is InChI=1S/C19H21N5O4/c1-26-7-8-28-17-10-15(27-2)3-4-16(17)19(25)22-11-14-5-6-21-18(9-14)24-13-20-12-23-24/h3-6,9-10,12-13H,7-8,11H2,1-2H3,(H,22,25). The zero-order chi connectivity index (χ0) is 19.8. The summed E-state index contributed by atoms with van der Waals surface area (Å²) >= 11 is 0. The molecule has 0 unspecified atom stereocenters. The molecule has 146 valence electrons. The molecule has 1 amide bonds.